The predicted octanol–water partition coefficient (Wildman–Crippen LogP) is 1.11. The van der Waals surface area contributed by atoms with Crippen molar-refractivity contribution >= 4 is 72.3 Å². The summed E-state index contributed by atoms with van der Waals surface area (Å²) in [5, 5.41) is 22.2. The van der Waals surface area contributed by atoms with Gasteiger partial charge in [-0.25, -0.2) is 9.97 Å². The number of nitrogens with zero attached hydrogens (tertiary/aromatic N) is 10. The molecule has 284 valence electrons. The molecule has 2 aromatic carbocycles. The second-order valence-electron chi connectivity index (χ2n) is 12.4. The molecule has 2 aromatic heterocycles. The van der Waals surface area contributed by atoms with Crippen LogP contribution in [0, 0.1) is 0 Å². The number of amides is 2. The van der Waals surface area contributed by atoms with Crippen LogP contribution in [-0.4, -0.2) is 136 Å². The van der Waals surface area contributed by atoms with Gasteiger partial charge in [-0.05, 0) is 88.0 Å². The Kier molecular flexibility index (Phi) is 15.3. The summed E-state index contributed by atoms with van der Waals surface area (Å²) < 4.78 is 2.30. The Labute approximate surface area is 319 Å². The fraction of sp³-hybridized carbons (Fsp3) is 0.412. The van der Waals surface area contributed by atoms with Crippen molar-refractivity contribution in [3.8, 4) is 0 Å². The molecular formula is C34H46N12O5S2. The molecule has 6 rings (SSSR count). The van der Waals surface area contributed by atoms with E-state index in [1.54, 1.807) is 23.9 Å². The lowest BCUT2D eigenvalue weighted by Gasteiger charge is -2.23. The van der Waals surface area contributed by atoms with Crippen molar-refractivity contribution in [2.75, 3.05) is 94.1 Å². The molecule has 0 spiro atoms. The molecule has 2 amide bonds. The summed E-state index contributed by atoms with van der Waals surface area (Å²) in [4.78, 5) is 61.2. The van der Waals surface area contributed by atoms with Gasteiger partial charge in [0.1, 0.15) is 12.7 Å². The number of hydrogen-bond acceptors (Lipinski definition) is 15. The number of carbonyl (C=O) groups excluding carboxylic acids is 4. The second kappa shape index (κ2) is 19.9. The number of aromatic nitrogens is 6. The van der Waals surface area contributed by atoms with Gasteiger partial charge in [0.2, 0.25) is 29.2 Å². The van der Waals surface area contributed by atoms with Gasteiger partial charge < -0.3 is 35.3 Å². The van der Waals surface area contributed by atoms with Crippen LogP contribution in [0.4, 0.5) is 22.7 Å². The number of likely N-dealkylation sites (N-methyl/N-ethyl adjacent to an activating group) is 3. The van der Waals surface area contributed by atoms with Crippen LogP contribution in [-0.2, 0) is 22.4 Å². The number of anilines is 4. The van der Waals surface area contributed by atoms with Crippen molar-refractivity contribution in [2.45, 2.75) is 19.3 Å². The molecule has 4 heterocycles. The van der Waals surface area contributed by atoms with Crippen LogP contribution in [0.3, 0.4) is 0 Å². The summed E-state index contributed by atoms with van der Waals surface area (Å²) in [5.74, 6) is 0.397. The van der Waals surface area contributed by atoms with Gasteiger partial charge in [0.25, 0.3) is 0 Å². The van der Waals surface area contributed by atoms with E-state index in [2.05, 4.69) is 73.5 Å². The molecule has 53 heavy (non-hydrogen) atoms. The fourth-order valence-electron chi connectivity index (χ4n) is 5.51. The number of hydrogen-bond donors (Lipinski definition) is 5. The number of aldehydes is 1. The lowest BCUT2D eigenvalue weighted by Crippen LogP contribution is -2.36. The van der Waals surface area contributed by atoms with Crippen molar-refractivity contribution < 1.29 is 24.3 Å². The Morgan fingerprint density at radius 1 is 0.925 bits per heavy atom. The van der Waals surface area contributed by atoms with Crippen molar-refractivity contribution in [2.24, 2.45) is 0 Å². The number of Topliss-reactive ketones (excluding diaryl/α,β-unsaturated/α-hetero) is 1. The van der Waals surface area contributed by atoms with Crippen LogP contribution in [0.15, 0.2) is 49.1 Å². The van der Waals surface area contributed by atoms with E-state index in [1.165, 1.54) is 27.9 Å². The van der Waals surface area contributed by atoms with E-state index in [1.807, 2.05) is 43.3 Å². The molecule has 17 nitrogen and oxygen atoms in total. The lowest BCUT2D eigenvalue weighted by atomic mass is 10.1. The number of fused-ring (bicyclic) bond motifs is 2. The summed E-state index contributed by atoms with van der Waals surface area (Å²) in [6.45, 7) is 3.48. The van der Waals surface area contributed by atoms with E-state index in [4.69, 9.17) is 5.11 Å². The molecule has 0 radical (unpaired) electrons. The summed E-state index contributed by atoms with van der Waals surface area (Å²) in [7, 11) is 7.30. The number of carbonyl (C=O) groups is 4. The maximum Gasteiger partial charge on any atom is 0.240 e. The highest BCUT2D eigenvalue weighted by molar-refractivity contribution is 7.78. The zero-order valence-electron chi connectivity index (χ0n) is 30.2. The van der Waals surface area contributed by atoms with E-state index >= 15 is 0 Å². The van der Waals surface area contributed by atoms with Crippen LogP contribution >= 0.6 is 25.6 Å². The van der Waals surface area contributed by atoms with Crippen LogP contribution in [0.5, 0.6) is 0 Å². The van der Waals surface area contributed by atoms with Crippen LogP contribution in [0.25, 0.3) is 0 Å². The van der Waals surface area contributed by atoms with Crippen LogP contribution in [0.1, 0.15) is 38.8 Å². The zero-order valence-corrected chi connectivity index (χ0v) is 32.0. The van der Waals surface area contributed by atoms with Gasteiger partial charge in [-0.15, -0.1) is 10.2 Å². The largest absolute Gasteiger partial charge is 0.395 e. The summed E-state index contributed by atoms with van der Waals surface area (Å²) in [6, 6.07) is 12.1. The molecule has 0 aliphatic carbocycles. The van der Waals surface area contributed by atoms with Crippen molar-refractivity contribution in [3.63, 3.8) is 0 Å². The highest BCUT2D eigenvalue weighted by Crippen LogP contribution is 2.32. The molecule has 3 N–H and O–H groups in total. The number of aliphatic hydroxyl groups excluding tert-OH is 1. The Bertz CT molecular complexity index is 1870. The first kappa shape index (κ1) is 40.9. The van der Waals surface area contributed by atoms with E-state index in [0.717, 1.165) is 52.8 Å². The monoisotopic (exact) mass is 766 g/mol. The average molecular weight is 767 g/mol. The number of thiol groups is 2. The quantitative estimate of drug-likeness (QED) is 0.0565. The third kappa shape index (κ3) is 11.3. The minimum absolute atomic E-state index is 0.0126. The number of ketones is 1. The number of nitrogens with one attached hydrogen (secondary N) is 2. The molecule has 0 saturated carbocycles. The summed E-state index contributed by atoms with van der Waals surface area (Å²) >= 11 is 7.82. The SMILES string of the molecule is CN(C(=O)CNCCO)c1ccc2c(c1)NCC2.CN(C)CC(=O)N(C)c1ccc2c(c1)N(CCC(=O)c1ncnn1S)CC2.O=Cc1ncnn1S. The molecule has 0 bridgehead atoms. The first-order chi connectivity index (χ1) is 25.4. The minimum Gasteiger partial charge on any atom is -0.395 e. The second-order valence-corrected chi connectivity index (χ2v) is 13.1. The Morgan fingerprint density at radius 2 is 1.60 bits per heavy atom. The highest BCUT2D eigenvalue weighted by Gasteiger charge is 2.23. The topological polar surface area (TPSA) is 187 Å². The van der Waals surface area contributed by atoms with Crippen molar-refractivity contribution in [3.05, 3.63) is 71.8 Å². The normalized spacial score (nSPS) is 12.5. The van der Waals surface area contributed by atoms with Gasteiger partial charge in [0, 0.05) is 69.4 Å². The standard InChI is InChI=1S/C18H24N6O2S.C13H19N3O2.C3H3N3OS/c1-21(2)11-17(26)22(3)14-5-4-13-6-8-23(15(13)10-14)9-7-16(25)18-19-12-20-24(18)27;1-16(13(18)9-14-6-7-17)11-3-2-10-4-5-15-12(10)8-11;7-1-3-4-2-5-6(3)8/h4-5,10,12,27H,6-9,11H2,1-3H3;2-3,8,14-15,17H,4-7,9H2,1H3;1-2,8H. The van der Waals surface area contributed by atoms with Gasteiger partial charge in [0.15, 0.2) is 6.29 Å². The van der Waals surface area contributed by atoms with Gasteiger partial charge in [0.05, 0.1) is 19.7 Å². The van der Waals surface area contributed by atoms with E-state index in [-0.39, 0.29) is 42.4 Å². The van der Waals surface area contributed by atoms with Gasteiger partial charge in [-0.3, -0.25) is 19.2 Å². The third-order valence-corrected chi connectivity index (χ3v) is 9.05. The number of rotatable bonds is 13. The smallest absolute Gasteiger partial charge is 0.240 e. The number of aliphatic hydroxyl groups is 1. The molecule has 19 heteroatoms. The molecule has 2 aliphatic heterocycles. The Hall–Kier alpha value is -4.82. The molecule has 0 fully saturated rings. The third-order valence-electron chi connectivity index (χ3n) is 8.45. The first-order valence-electron chi connectivity index (χ1n) is 16.8. The van der Waals surface area contributed by atoms with Crippen molar-refractivity contribution in [1.29, 1.82) is 0 Å². The lowest BCUT2D eigenvalue weighted by molar-refractivity contribution is -0.119. The van der Waals surface area contributed by atoms with E-state index in [9.17, 15) is 19.2 Å². The molecule has 4 aromatic rings. The van der Waals surface area contributed by atoms with Gasteiger partial charge in [-0.2, -0.15) is 8.17 Å². The van der Waals surface area contributed by atoms with Gasteiger partial charge >= 0.3 is 0 Å². The predicted molar refractivity (Wildman–Crippen MR) is 209 cm³/mol. The Balaban J connectivity index is 0.000000206. The number of benzene rings is 2. The van der Waals surface area contributed by atoms with Crippen LogP contribution < -0.4 is 25.3 Å². The average Bonchev–Trinajstić information content (AvgIpc) is 3.97. The molecule has 0 saturated heterocycles. The fourth-order valence-corrected chi connectivity index (χ4v) is 5.86. The zero-order chi connectivity index (χ0) is 38.5. The summed E-state index contributed by atoms with van der Waals surface area (Å²) in [6.07, 6.45) is 5.47. The molecule has 2 aliphatic rings. The van der Waals surface area contributed by atoms with E-state index < -0.39 is 0 Å². The molecule has 0 unspecified atom stereocenters. The highest BCUT2D eigenvalue weighted by atomic mass is 32.1. The van der Waals surface area contributed by atoms with E-state index in [0.29, 0.717) is 32.3 Å². The first-order valence-corrected chi connectivity index (χ1v) is 17.6. The molecule has 0 atom stereocenters. The van der Waals surface area contributed by atoms with Crippen molar-refractivity contribution in [1.82, 2.24) is 38.6 Å². The van der Waals surface area contributed by atoms with Gasteiger partial charge in [-0.1, -0.05) is 12.1 Å². The maximum atomic E-state index is 12.3. The minimum atomic E-state index is -0.0922. The molecular weight excluding hydrogens is 721 g/mol. The van der Waals surface area contributed by atoms with Crippen LogP contribution in [0.2, 0.25) is 0 Å². The maximum absolute atomic E-state index is 12.3. The summed E-state index contributed by atoms with van der Waals surface area (Å²) in [5.41, 5.74) is 6.48. The Morgan fingerprint density at radius 3 is 2.23 bits per heavy atom.